The number of aliphatic carboxylic acids is 1. The Bertz CT molecular complexity index is 1240. The van der Waals surface area contributed by atoms with Gasteiger partial charge >= 0.3 is 5.97 Å². The number of carboxylic acids is 1. The highest BCUT2D eigenvalue weighted by molar-refractivity contribution is 5.95. The van der Waals surface area contributed by atoms with Crippen molar-refractivity contribution < 1.29 is 29.3 Å². The minimum Gasteiger partial charge on any atom is -0.481 e. The molecule has 0 spiro atoms. The summed E-state index contributed by atoms with van der Waals surface area (Å²) in [7, 11) is 1.69. The number of halogens is 1. The molecule has 2 atom stereocenters. The van der Waals surface area contributed by atoms with Gasteiger partial charge in [-0.1, -0.05) is 50.3 Å². The first-order chi connectivity index (χ1) is 17.6. The maximum absolute atomic E-state index is 13.6. The van der Waals surface area contributed by atoms with Crippen LogP contribution in [0.1, 0.15) is 59.9 Å². The van der Waals surface area contributed by atoms with E-state index in [0.717, 1.165) is 5.56 Å². The van der Waals surface area contributed by atoms with Gasteiger partial charge in [0.1, 0.15) is 5.82 Å². The molecule has 0 fully saturated rings. The third kappa shape index (κ3) is 7.34. The minimum absolute atomic E-state index is 0.132. The van der Waals surface area contributed by atoms with Crippen LogP contribution in [0.25, 0.3) is 11.8 Å². The van der Waals surface area contributed by atoms with Gasteiger partial charge in [0.25, 0.3) is 5.91 Å². The molecule has 0 bridgehead atoms. The quantitative estimate of drug-likeness (QED) is 0.360. The summed E-state index contributed by atoms with van der Waals surface area (Å²) in [4.78, 5) is 25.9. The SMILES string of the molecule is CC(C)c1c(C(=O)N(C)Cc2ccccc2)nn(-c2ccc(F)cc2)c1C=C[C@H](O)C[C@@H](O)CC(=O)O. The lowest BCUT2D eigenvalue weighted by Crippen LogP contribution is -2.27. The molecule has 1 heterocycles. The van der Waals surface area contributed by atoms with E-state index in [-0.39, 0.29) is 23.9 Å². The van der Waals surface area contributed by atoms with E-state index in [0.29, 0.717) is 23.5 Å². The van der Waals surface area contributed by atoms with Gasteiger partial charge in [-0.15, -0.1) is 0 Å². The highest BCUT2D eigenvalue weighted by atomic mass is 19.1. The van der Waals surface area contributed by atoms with Gasteiger partial charge in [-0.3, -0.25) is 9.59 Å². The number of hydrogen-bond donors (Lipinski definition) is 3. The molecule has 0 radical (unpaired) electrons. The van der Waals surface area contributed by atoms with Crippen LogP contribution in [-0.2, 0) is 11.3 Å². The zero-order valence-electron chi connectivity index (χ0n) is 21.1. The Morgan fingerprint density at radius 1 is 1.08 bits per heavy atom. The van der Waals surface area contributed by atoms with Gasteiger partial charge in [0, 0.05) is 25.6 Å². The third-order valence-electron chi connectivity index (χ3n) is 5.82. The van der Waals surface area contributed by atoms with Gasteiger partial charge in [0.2, 0.25) is 0 Å². The summed E-state index contributed by atoms with van der Waals surface area (Å²) in [6, 6.07) is 15.2. The maximum atomic E-state index is 13.6. The van der Waals surface area contributed by atoms with E-state index >= 15 is 0 Å². The summed E-state index contributed by atoms with van der Waals surface area (Å²) in [6.07, 6.45) is 0.0182. The molecule has 3 N–H and O–H groups in total. The van der Waals surface area contributed by atoms with Crippen LogP contribution < -0.4 is 0 Å². The summed E-state index contributed by atoms with van der Waals surface area (Å²) in [5.41, 5.74) is 2.88. The van der Waals surface area contributed by atoms with Crippen molar-refractivity contribution in [3.8, 4) is 5.69 Å². The number of carbonyl (C=O) groups is 2. The number of aromatic nitrogens is 2. The average molecular weight is 510 g/mol. The Balaban J connectivity index is 2.02. The van der Waals surface area contributed by atoms with E-state index in [1.54, 1.807) is 30.2 Å². The van der Waals surface area contributed by atoms with Gasteiger partial charge in [0.05, 0.1) is 30.0 Å². The van der Waals surface area contributed by atoms with Crippen LogP contribution in [0.3, 0.4) is 0 Å². The second-order valence-electron chi connectivity index (χ2n) is 9.25. The number of carbonyl (C=O) groups excluding carboxylic acids is 1. The van der Waals surface area contributed by atoms with Gasteiger partial charge in [0.15, 0.2) is 5.69 Å². The molecule has 2 aromatic carbocycles. The molecule has 3 rings (SSSR count). The van der Waals surface area contributed by atoms with Gasteiger partial charge in [-0.25, -0.2) is 9.07 Å². The number of benzene rings is 2. The number of carboxylic acid groups (broad SMARTS) is 1. The predicted molar refractivity (Wildman–Crippen MR) is 138 cm³/mol. The number of aliphatic hydroxyl groups is 2. The van der Waals surface area contributed by atoms with Crippen molar-refractivity contribution in [2.24, 2.45) is 0 Å². The highest BCUT2D eigenvalue weighted by Crippen LogP contribution is 2.29. The van der Waals surface area contributed by atoms with E-state index in [9.17, 15) is 24.2 Å². The number of amides is 1. The van der Waals surface area contributed by atoms with Crippen molar-refractivity contribution in [3.05, 3.63) is 89.0 Å². The number of nitrogens with zero attached hydrogens (tertiary/aromatic N) is 3. The van der Waals surface area contributed by atoms with Gasteiger partial charge in [-0.2, -0.15) is 5.10 Å². The minimum atomic E-state index is -1.22. The van der Waals surface area contributed by atoms with Gasteiger partial charge < -0.3 is 20.2 Å². The van der Waals surface area contributed by atoms with Crippen LogP contribution in [-0.4, -0.2) is 61.1 Å². The second kappa shape index (κ2) is 12.4. The fourth-order valence-electron chi connectivity index (χ4n) is 4.06. The van der Waals surface area contributed by atoms with E-state index in [4.69, 9.17) is 5.11 Å². The van der Waals surface area contributed by atoms with E-state index < -0.39 is 30.4 Å². The lowest BCUT2D eigenvalue weighted by molar-refractivity contribution is -0.139. The predicted octanol–water partition coefficient (Wildman–Crippen LogP) is 4.01. The topological polar surface area (TPSA) is 116 Å². The molecule has 0 aliphatic carbocycles. The summed E-state index contributed by atoms with van der Waals surface area (Å²) in [6.45, 7) is 4.22. The van der Waals surface area contributed by atoms with Crippen LogP contribution in [0.2, 0.25) is 0 Å². The lowest BCUT2D eigenvalue weighted by atomic mass is 9.98. The van der Waals surface area contributed by atoms with Crippen molar-refractivity contribution >= 4 is 18.0 Å². The molecule has 0 saturated carbocycles. The Kier molecular flexibility index (Phi) is 9.32. The Morgan fingerprint density at radius 2 is 1.73 bits per heavy atom. The zero-order chi connectivity index (χ0) is 27.1. The smallest absolute Gasteiger partial charge is 0.305 e. The molecular formula is C28H32FN3O5. The average Bonchev–Trinajstić information content (AvgIpc) is 3.22. The molecule has 9 heteroatoms. The molecule has 8 nitrogen and oxygen atoms in total. The molecule has 0 unspecified atom stereocenters. The van der Waals surface area contributed by atoms with Crippen molar-refractivity contribution in [2.75, 3.05) is 7.05 Å². The number of rotatable bonds is 11. The zero-order valence-corrected chi connectivity index (χ0v) is 21.1. The van der Waals surface area contributed by atoms with Gasteiger partial charge in [-0.05, 0) is 41.8 Å². The lowest BCUT2D eigenvalue weighted by Gasteiger charge is -2.17. The molecule has 0 saturated heterocycles. The summed E-state index contributed by atoms with van der Waals surface area (Å²) < 4.78 is 15.1. The monoisotopic (exact) mass is 509 g/mol. The largest absolute Gasteiger partial charge is 0.481 e. The first-order valence-electron chi connectivity index (χ1n) is 12.0. The number of hydrogen-bond acceptors (Lipinski definition) is 5. The van der Waals surface area contributed by atoms with E-state index in [1.807, 2.05) is 44.2 Å². The fraction of sp³-hybridized carbons (Fsp3) is 0.321. The second-order valence-corrected chi connectivity index (χ2v) is 9.25. The fourth-order valence-corrected chi connectivity index (χ4v) is 4.06. The Labute approximate surface area is 215 Å². The van der Waals surface area contributed by atoms with E-state index in [2.05, 4.69) is 5.10 Å². The first kappa shape index (κ1) is 27.8. The Hall–Kier alpha value is -3.82. The summed E-state index contributed by atoms with van der Waals surface area (Å²) >= 11 is 0. The summed E-state index contributed by atoms with van der Waals surface area (Å²) in [5.74, 6) is -2.00. The molecule has 1 aromatic heterocycles. The molecular weight excluding hydrogens is 477 g/mol. The molecule has 37 heavy (non-hydrogen) atoms. The van der Waals surface area contributed by atoms with Crippen molar-refractivity contribution in [2.45, 2.75) is 51.4 Å². The van der Waals surface area contributed by atoms with Crippen molar-refractivity contribution in [1.82, 2.24) is 14.7 Å². The van der Waals surface area contributed by atoms with Crippen LogP contribution in [0, 0.1) is 5.82 Å². The van der Waals surface area contributed by atoms with Crippen LogP contribution >= 0.6 is 0 Å². The molecule has 196 valence electrons. The highest BCUT2D eigenvalue weighted by Gasteiger charge is 2.27. The number of aliphatic hydroxyl groups excluding tert-OH is 2. The van der Waals surface area contributed by atoms with Crippen LogP contribution in [0.5, 0.6) is 0 Å². The van der Waals surface area contributed by atoms with Crippen molar-refractivity contribution in [1.29, 1.82) is 0 Å². The first-order valence-corrected chi connectivity index (χ1v) is 12.0. The third-order valence-corrected chi connectivity index (χ3v) is 5.82. The molecule has 1 amide bonds. The van der Waals surface area contributed by atoms with E-state index in [1.165, 1.54) is 22.9 Å². The molecule has 3 aromatic rings. The summed E-state index contributed by atoms with van der Waals surface area (Å²) in [5, 5.41) is 33.7. The standard InChI is InChI=1S/C28H32FN3O5/c1-18(2)26-24(14-13-22(33)15-23(34)16-25(35)36)32(21-11-9-20(29)10-12-21)30-27(26)28(37)31(3)17-19-7-5-4-6-8-19/h4-14,18,22-23,33-34H,15-17H2,1-3H3,(H,35,36)/t22-,23+/m0/s1. The Morgan fingerprint density at radius 3 is 2.32 bits per heavy atom. The normalized spacial score (nSPS) is 13.2. The van der Waals surface area contributed by atoms with Crippen LogP contribution in [0.4, 0.5) is 4.39 Å². The molecule has 0 aliphatic rings. The maximum Gasteiger partial charge on any atom is 0.305 e. The van der Waals surface area contributed by atoms with Crippen LogP contribution in [0.15, 0.2) is 60.7 Å². The van der Waals surface area contributed by atoms with Crippen molar-refractivity contribution in [3.63, 3.8) is 0 Å². The molecule has 0 aliphatic heterocycles.